The maximum absolute atomic E-state index is 12.1. The highest BCUT2D eigenvalue weighted by molar-refractivity contribution is 5.91. The first kappa shape index (κ1) is 19.4. The van der Waals surface area contributed by atoms with Crippen LogP contribution >= 0.6 is 0 Å². The van der Waals surface area contributed by atoms with Crippen LogP contribution in [-0.4, -0.2) is 22.5 Å². The van der Waals surface area contributed by atoms with Gasteiger partial charge in [0.2, 0.25) is 0 Å². The normalized spacial score (nSPS) is 10.4. The van der Waals surface area contributed by atoms with E-state index >= 15 is 0 Å². The van der Waals surface area contributed by atoms with Crippen LogP contribution in [0.15, 0.2) is 48.5 Å². The van der Waals surface area contributed by atoms with E-state index in [9.17, 15) is 4.79 Å². The molecule has 1 heterocycles. The van der Waals surface area contributed by atoms with Crippen LogP contribution in [0.4, 0.5) is 5.69 Å². The van der Waals surface area contributed by atoms with Gasteiger partial charge in [0.05, 0.1) is 0 Å². The number of rotatable bonds is 6. The number of amides is 1. The average molecular weight is 377 g/mol. The van der Waals surface area contributed by atoms with Gasteiger partial charge in [0.1, 0.15) is 11.5 Å². The lowest BCUT2D eigenvalue weighted by Gasteiger charge is -2.11. The Labute approximate surface area is 164 Å². The number of carbonyl (C=O) groups excluding carboxylic acids is 1. The lowest BCUT2D eigenvalue weighted by molar-refractivity contribution is -0.118. The van der Waals surface area contributed by atoms with Gasteiger partial charge in [-0.1, -0.05) is 17.7 Å². The number of anilines is 1. The van der Waals surface area contributed by atoms with E-state index in [2.05, 4.69) is 15.3 Å². The van der Waals surface area contributed by atoms with E-state index in [1.165, 1.54) is 0 Å². The molecule has 28 heavy (non-hydrogen) atoms. The number of ether oxygens (including phenoxy) is 2. The fourth-order valence-electron chi connectivity index (χ4n) is 2.75. The Kier molecular flexibility index (Phi) is 5.89. The Balaban J connectivity index is 1.55. The molecule has 3 aromatic rings. The van der Waals surface area contributed by atoms with Crippen LogP contribution in [-0.2, 0) is 4.79 Å². The molecule has 1 N–H and O–H groups in total. The highest BCUT2D eigenvalue weighted by Gasteiger charge is 2.07. The molecule has 6 nitrogen and oxygen atoms in total. The lowest BCUT2D eigenvalue weighted by Crippen LogP contribution is -2.20. The summed E-state index contributed by atoms with van der Waals surface area (Å²) in [6.07, 6.45) is 0. The van der Waals surface area contributed by atoms with Crippen molar-refractivity contribution in [1.29, 1.82) is 0 Å². The van der Waals surface area contributed by atoms with E-state index in [4.69, 9.17) is 9.47 Å². The molecule has 0 spiro atoms. The molecular weight excluding hydrogens is 354 g/mol. The number of nitrogens with one attached hydrogen (secondary N) is 1. The Morgan fingerprint density at radius 3 is 2.25 bits per heavy atom. The van der Waals surface area contributed by atoms with Crippen molar-refractivity contribution in [2.75, 3.05) is 11.9 Å². The topological polar surface area (TPSA) is 73.3 Å². The van der Waals surface area contributed by atoms with Crippen LogP contribution in [0.25, 0.3) is 0 Å². The van der Waals surface area contributed by atoms with Gasteiger partial charge in [-0.3, -0.25) is 4.79 Å². The van der Waals surface area contributed by atoms with Gasteiger partial charge in [0.25, 0.3) is 5.91 Å². The number of aromatic nitrogens is 2. The van der Waals surface area contributed by atoms with E-state index < -0.39 is 0 Å². The molecule has 2 aromatic carbocycles. The third-order valence-corrected chi connectivity index (χ3v) is 4.00. The van der Waals surface area contributed by atoms with E-state index in [1.54, 1.807) is 24.3 Å². The van der Waals surface area contributed by atoms with Crippen LogP contribution < -0.4 is 14.8 Å². The van der Waals surface area contributed by atoms with Crippen molar-refractivity contribution in [1.82, 2.24) is 9.97 Å². The Morgan fingerprint density at radius 2 is 1.61 bits per heavy atom. The zero-order chi connectivity index (χ0) is 20.1. The number of hydrogen-bond acceptors (Lipinski definition) is 5. The summed E-state index contributed by atoms with van der Waals surface area (Å²) in [4.78, 5) is 20.6. The second-order valence-electron chi connectivity index (χ2n) is 6.67. The highest BCUT2D eigenvalue weighted by Crippen LogP contribution is 2.21. The van der Waals surface area contributed by atoms with Crippen molar-refractivity contribution < 1.29 is 14.3 Å². The Hall–Kier alpha value is -3.41. The van der Waals surface area contributed by atoms with Crippen LogP contribution in [0, 0.1) is 27.7 Å². The number of carbonyl (C=O) groups is 1. The minimum Gasteiger partial charge on any atom is -0.483 e. The van der Waals surface area contributed by atoms with Crippen molar-refractivity contribution in [2.24, 2.45) is 0 Å². The molecule has 0 aliphatic rings. The van der Waals surface area contributed by atoms with Gasteiger partial charge in [-0.05, 0) is 69.7 Å². The maximum Gasteiger partial charge on any atom is 0.322 e. The number of hydrogen-bond donors (Lipinski definition) is 1. The summed E-state index contributed by atoms with van der Waals surface area (Å²) in [7, 11) is 0. The molecule has 0 aliphatic heterocycles. The largest absolute Gasteiger partial charge is 0.483 e. The summed E-state index contributed by atoms with van der Waals surface area (Å²) < 4.78 is 11.3. The number of nitrogens with zero attached hydrogens (tertiary/aromatic N) is 2. The lowest BCUT2D eigenvalue weighted by atomic mass is 10.1. The maximum atomic E-state index is 12.1. The molecule has 3 rings (SSSR count). The zero-order valence-electron chi connectivity index (χ0n) is 16.4. The number of aryl methyl sites for hydroxylation is 4. The van der Waals surface area contributed by atoms with Crippen molar-refractivity contribution in [2.45, 2.75) is 27.7 Å². The van der Waals surface area contributed by atoms with Gasteiger partial charge < -0.3 is 14.8 Å². The summed E-state index contributed by atoms with van der Waals surface area (Å²) in [6.45, 7) is 7.70. The second kappa shape index (κ2) is 8.52. The molecule has 1 aromatic heterocycles. The van der Waals surface area contributed by atoms with Gasteiger partial charge in [-0.25, -0.2) is 9.97 Å². The fourth-order valence-corrected chi connectivity index (χ4v) is 2.75. The Morgan fingerprint density at radius 1 is 0.929 bits per heavy atom. The standard InChI is InChI=1S/C22H23N3O3/c1-14-5-10-20(15(2)11-14)27-13-21(26)25-18-6-8-19(9-7-18)28-22-23-16(3)12-17(4)24-22/h5-12H,13H2,1-4H3,(H,25,26). The first-order chi connectivity index (χ1) is 13.4. The molecule has 0 saturated heterocycles. The van der Waals surface area contributed by atoms with Gasteiger partial charge in [-0.15, -0.1) is 0 Å². The van der Waals surface area contributed by atoms with E-state index in [1.807, 2.05) is 52.0 Å². The first-order valence-electron chi connectivity index (χ1n) is 8.99. The predicted molar refractivity (Wildman–Crippen MR) is 108 cm³/mol. The molecule has 144 valence electrons. The third-order valence-electron chi connectivity index (χ3n) is 4.00. The first-order valence-corrected chi connectivity index (χ1v) is 8.99. The van der Waals surface area contributed by atoms with Gasteiger partial charge in [0.15, 0.2) is 6.61 Å². The molecular formula is C22H23N3O3. The summed E-state index contributed by atoms with van der Waals surface area (Å²) >= 11 is 0. The van der Waals surface area contributed by atoms with Crippen LogP contribution in [0.3, 0.4) is 0 Å². The van der Waals surface area contributed by atoms with Gasteiger partial charge in [0, 0.05) is 17.1 Å². The van der Waals surface area contributed by atoms with E-state index in [0.717, 1.165) is 22.5 Å². The average Bonchev–Trinajstić information content (AvgIpc) is 2.62. The molecule has 0 bridgehead atoms. The summed E-state index contributed by atoms with van der Waals surface area (Å²) in [6, 6.07) is 15.0. The minimum absolute atomic E-state index is 0.0570. The Bertz CT molecular complexity index is 965. The smallest absolute Gasteiger partial charge is 0.322 e. The van der Waals surface area contributed by atoms with Crippen LogP contribution in [0.1, 0.15) is 22.5 Å². The number of benzene rings is 2. The summed E-state index contributed by atoms with van der Waals surface area (Å²) in [5.41, 5.74) is 4.50. The summed E-state index contributed by atoms with van der Waals surface area (Å²) in [5.74, 6) is 1.07. The van der Waals surface area contributed by atoms with E-state index in [-0.39, 0.29) is 12.5 Å². The highest BCUT2D eigenvalue weighted by atomic mass is 16.5. The van der Waals surface area contributed by atoms with Crippen LogP contribution in [0.5, 0.6) is 17.5 Å². The van der Waals surface area contributed by atoms with Gasteiger partial charge in [-0.2, -0.15) is 0 Å². The monoisotopic (exact) mass is 377 g/mol. The molecule has 1 amide bonds. The SMILES string of the molecule is Cc1ccc(OCC(=O)Nc2ccc(Oc3nc(C)cc(C)n3)cc2)c(C)c1. The van der Waals surface area contributed by atoms with Crippen molar-refractivity contribution in [3.63, 3.8) is 0 Å². The third kappa shape index (κ3) is 5.30. The van der Waals surface area contributed by atoms with Gasteiger partial charge >= 0.3 is 6.01 Å². The molecule has 6 heteroatoms. The van der Waals surface area contributed by atoms with Crippen molar-refractivity contribution >= 4 is 11.6 Å². The second-order valence-corrected chi connectivity index (χ2v) is 6.67. The van der Waals surface area contributed by atoms with E-state index in [0.29, 0.717) is 23.2 Å². The fraction of sp³-hybridized carbons (Fsp3) is 0.227. The van der Waals surface area contributed by atoms with Crippen molar-refractivity contribution in [3.8, 4) is 17.5 Å². The zero-order valence-corrected chi connectivity index (χ0v) is 16.4. The molecule has 0 atom stereocenters. The molecule has 0 aliphatic carbocycles. The molecule has 0 radical (unpaired) electrons. The molecule has 0 saturated carbocycles. The molecule has 0 unspecified atom stereocenters. The quantitative estimate of drug-likeness (QED) is 0.684. The van der Waals surface area contributed by atoms with Crippen molar-refractivity contribution in [3.05, 3.63) is 71.0 Å². The minimum atomic E-state index is -0.230. The van der Waals surface area contributed by atoms with Crippen LogP contribution in [0.2, 0.25) is 0 Å². The predicted octanol–water partition coefficient (Wildman–Crippen LogP) is 4.52. The molecule has 0 fully saturated rings. The summed E-state index contributed by atoms with van der Waals surface area (Å²) in [5, 5.41) is 2.80.